The van der Waals surface area contributed by atoms with Gasteiger partial charge in [-0.1, -0.05) is 18.2 Å². The van der Waals surface area contributed by atoms with Crippen molar-refractivity contribution in [2.45, 2.75) is 25.8 Å². The molecule has 2 aromatic rings. The number of halogens is 3. The second-order valence-electron chi connectivity index (χ2n) is 6.96. The fraction of sp³-hybridized carbons (Fsp3) is 0.190. The van der Waals surface area contributed by atoms with E-state index in [4.69, 9.17) is 9.47 Å². The Bertz CT molecular complexity index is 1050. The molecule has 0 aliphatic carbocycles. The maximum absolute atomic E-state index is 12.9. The van der Waals surface area contributed by atoms with Gasteiger partial charge in [-0.05, 0) is 30.3 Å². The fourth-order valence-corrected chi connectivity index (χ4v) is 2.71. The predicted molar refractivity (Wildman–Crippen MR) is 104 cm³/mol. The summed E-state index contributed by atoms with van der Waals surface area (Å²) in [6.45, 7) is 2.81. The summed E-state index contributed by atoms with van der Waals surface area (Å²) in [7, 11) is 0. The lowest BCUT2D eigenvalue weighted by Crippen LogP contribution is -2.42. The first-order valence-corrected chi connectivity index (χ1v) is 8.97. The summed E-state index contributed by atoms with van der Waals surface area (Å²) < 4.78 is 48.6. The molecule has 2 N–H and O–H groups in total. The minimum atomic E-state index is -4.55. The Morgan fingerprint density at radius 3 is 2.29 bits per heavy atom. The van der Waals surface area contributed by atoms with Crippen molar-refractivity contribution >= 4 is 29.2 Å². The van der Waals surface area contributed by atoms with Gasteiger partial charge < -0.3 is 20.1 Å². The number of anilines is 2. The van der Waals surface area contributed by atoms with Crippen molar-refractivity contribution < 1.29 is 37.0 Å². The summed E-state index contributed by atoms with van der Waals surface area (Å²) >= 11 is 0. The Labute approximate surface area is 174 Å². The van der Waals surface area contributed by atoms with Crippen molar-refractivity contribution in [3.05, 3.63) is 71.4 Å². The van der Waals surface area contributed by atoms with Crippen LogP contribution in [0.1, 0.15) is 29.8 Å². The molecule has 0 spiro atoms. The molecule has 1 amide bonds. The van der Waals surface area contributed by atoms with Crippen LogP contribution in [0.4, 0.5) is 24.5 Å². The zero-order chi connectivity index (χ0) is 22.8. The SMILES string of the molecule is CC1(C)OC(=O)C(=CNc2ccccc2C(=O)Nc2cccc(C(F)(F)F)c2)C(=O)O1. The third-order valence-electron chi connectivity index (χ3n) is 4.11. The van der Waals surface area contributed by atoms with Crippen LogP contribution in [0.3, 0.4) is 0 Å². The van der Waals surface area contributed by atoms with E-state index in [1.165, 1.54) is 38.1 Å². The lowest BCUT2D eigenvalue weighted by atomic mass is 10.1. The first-order valence-electron chi connectivity index (χ1n) is 8.97. The fourth-order valence-electron chi connectivity index (χ4n) is 2.71. The smallest absolute Gasteiger partial charge is 0.416 e. The molecule has 162 valence electrons. The zero-order valence-corrected chi connectivity index (χ0v) is 16.4. The number of nitrogens with one attached hydrogen (secondary N) is 2. The van der Waals surface area contributed by atoms with Crippen LogP contribution in [-0.4, -0.2) is 23.6 Å². The largest absolute Gasteiger partial charge is 0.419 e. The van der Waals surface area contributed by atoms with Gasteiger partial charge in [0.1, 0.15) is 0 Å². The molecule has 0 unspecified atom stereocenters. The lowest BCUT2D eigenvalue weighted by Gasteiger charge is -2.29. The van der Waals surface area contributed by atoms with Gasteiger partial charge in [-0.3, -0.25) is 4.79 Å². The quantitative estimate of drug-likeness (QED) is 0.428. The normalized spacial score (nSPS) is 15.6. The number of para-hydroxylation sites is 1. The Morgan fingerprint density at radius 2 is 1.65 bits per heavy atom. The first-order chi connectivity index (χ1) is 14.5. The number of alkyl halides is 3. The molecule has 0 saturated carbocycles. The van der Waals surface area contributed by atoms with Crippen LogP contribution in [0, 0.1) is 0 Å². The van der Waals surface area contributed by atoms with E-state index < -0.39 is 40.9 Å². The van der Waals surface area contributed by atoms with Crippen molar-refractivity contribution in [3.63, 3.8) is 0 Å². The van der Waals surface area contributed by atoms with Crippen LogP contribution >= 0.6 is 0 Å². The molecule has 7 nitrogen and oxygen atoms in total. The van der Waals surface area contributed by atoms with E-state index in [9.17, 15) is 27.6 Å². The molecular weight excluding hydrogens is 417 g/mol. The summed E-state index contributed by atoms with van der Waals surface area (Å²) in [4.78, 5) is 36.6. The highest BCUT2D eigenvalue weighted by Crippen LogP contribution is 2.31. The number of carbonyl (C=O) groups is 3. The molecule has 1 fully saturated rings. The second kappa shape index (κ2) is 8.13. The number of amides is 1. The highest BCUT2D eigenvalue weighted by atomic mass is 19.4. The second-order valence-corrected chi connectivity index (χ2v) is 6.96. The lowest BCUT2D eigenvalue weighted by molar-refractivity contribution is -0.222. The zero-order valence-electron chi connectivity index (χ0n) is 16.4. The minimum absolute atomic E-state index is 0.0466. The summed E-state index contributed by atoms with van der Waals surface area (Å²) in [5.41, 5.74) is -1.10. The third-order valence-corrected chi connectivity index (χ3v) is 4.11. The number of cyclic esters (lactones) is 2. The average molecular weight is 434 g/mol. The standard InChI is InChI=1S/C21H17F3N2O5/c1-20(2)30-18(28)15(19(29)31-20)11-25-16-9-4-3-8-14(16)17(27)26-13-7-5-6-12(10-13)21(22,23)24/h3-11,25H,1-2H3,(H,26,27). The van der Waals surface area contributed by atoms with Gasteiger partial charge in [-0.2, -0.15) is 13.2 Å². The predicted octanol–water partition coefficient (Wildman–Crippen LogP) is 4.09. The molecule has 0 radical (unpaired) electrons. The first kappa shape index (κ1) is 21.9. The molecule has 1 aliphatic heterocycles. The van der Waals surface area contributed by atoms with Crippen molar-refractivity contribution in [1.29, 1.82) is 0 Å². The van der Waals surface area contributed by atoms with Gasteiger partial charge in [-0.25, -0.2) is 9.59 Å². The van der Waals surface area contributed by atoms with Crippen LogP contribution < -0.4 is 10.6 Å². The van der Waals surface area contributed by atoms with Crippen LogP contribution in [0.2, 0.25) is 0 Å². The Hall–Kier alpha value is -3.82. The summed E-state index contributed by atoms with van der Waals surface area (Å²) in [5.74, 6) is -3.90. The van der Waals surface area contributed by atoms with Crippen molar-refractivity contribution in [2.24, 2.45) is 0 Å². The van der Waals surface area contributed by atoms with E-state index in [0.29, 0.717) is 0 Å². The molecule has 1 saturated heterocycles. The highest BCUT2D eigenvalue weighted by Gasteiger charge is 2.39. The number of hydrogen-bond acceptors (Lipinski definition) is 6. The van der Waals surface area contributed by atoms with Crippen LogP contribution in [0.5, 0.6) is 0 Å². The minimum Gasteiger partial charge on any atom is -0.419 e. The summed E-state index contributed by atoms with van der Waals surface area (Å²) in [5, 5.41) is 5.06. The van der Waals surface area contributed by atoms with Crippen molar-refractivity contribution in [1.82, 2.24) is 0 Å². The Balaban J connectivity index is 1.80. The molecule has 10 heteroatoms. The monoisotopic (exact) mass is 434 g/mol. The molecule has 31 heavy (non-hydrogen) atoms. The van der Waals surface area contributed by atoms with E-state index in [1.54, 1.807) is 12.1 Å². The molecule has 1 heterocycles. The Morgan fingerprint density at radius 1 is 1.00 bits per heavy atom. The van der Waals surface area contributed by atoms with E-state index in [1.807, 2.05) is 0 Å². The van der Waals surface area contributed by atoms with Gasteiger partial charge in [-0.15, -0.1) is 0 Å². The van der Waals surface area contributed by atoms with E-state index in [-0.39, 0.29) is 16.9 Å². The summed E-state index contributed by atoms with van der Waals surface area (Å²) in [6.07, 6.45) is -3.51. The van der Waals surface area contributed by atoms with E-state index >= 15 is 0 Å². The number of carbonyl (C=O) groups excluding carboxylic acids is 3. The van der Waals surface area contributed by atoms with Gasteiger partial charge in [0.05, 0.1) is 16.8 Å². The molecule has 0 atom stereocenters. The number of rotatable bonds is 4. The Kier molecular flexibility index (Phi) is 5.74. The maximum Gasteiger partial charge on any atom is 0.416 e. The van der Waals surface area contributed by atoms with Crippen LogP contribution in [0.15, 0.2) is 60.3 Å². The molecular formula is C21H17F3N2O5. The third kappa shape index (κ3) is 5.21. The molecule has 0 bridgehead atoms. The van der Waals surface area contributed by atoms with Crippen molar-refractivity contribution in [2.75, 3.05) is 10.6 Å². The molecule has 1 aliphatic rings. The van der Waals surface area contributed by atoms with Gasteiger partial charge in [0.25, 0.3) is 11.7 Å². The topological polar surface area (TPSA) is 93.7 Å². The van der Waals surface area contributed by atoms with Gasteiger partial charge >= 0.3 is 18.1 Å². The number of ether oxygens (including phenoxy) is 2. The van der Waals surface area contributed by atoms with E-state index in [0.717, 1.165) is 18.3 Å². The van der Waals surface area contributed by atoms with Crippen molar-refractivity contribution in [3.8, 4) is 0 Å². The van der Waals surface area contributed by atoms with Crippen LogP contribution in [0.25, 0.3) is 0 Å². The van der Waals surface area contributed by atoms with E-state index in [2.05, 4.69) is 10.6 Å². The van der Waals surface area contributed by atoms with Gasteiger partial charge in [0.15, 0.2) is 5.57 Å². The molecule has 0 aromatic heterocycles. The van der Waals surface area contributed by atoms with Gasteiger partial charge in [0, 0.05) is 25.7 Å². The number of hydrogen-bond donors (Lipinski definition) is 2. The number of esters is 2. The van der Waals surface area contributed by atoms with Crippen LogP contribution in [-0.2, 0) is 25.2 Å². The van der Waals surface area contributed by atoms with Gasteiger partial charge in [0.2, 0.25) is 0 Å². The molecule has 2 aromatic carbocycles. The average Bonchev–Trinajstić information content (AvgIpc) is 2.66. The number of benzene rings is 2. The highest BCUT2D eigenvalue weighted by molar-refractivity contribution is 6.15. The molecule has 3 rings (SSSR count). The summed E-state index contributed by atoms with van der Waals surface area (Å²) in [6, 6.07) is 10.2. The maximum atomic E-state index is 12.9.